The van der Waals surface area contributed by atoms with Crippen molar-refractivity contribution in [1.82, 2.24) is 0 Å². The van der Waals surface area contributed by atoms with E-state index < -0.39 is 4.92 Å². The van der Waals surface area contributed by atoms with Crippen LogP contribution in [0, 0.1) is 33.8 Å². The van der Waals surface area contributed by atoms with Crippen molar-refractivity contribution in [2.45, 2.75) is 4.90 Å². The molecule has 0 aliphatic carbocycles. The van der Waals surface area contributed by atoms with Crippen molar-refractivity contribution in [3.63, 3.8) is 0 Å². The highest BCUT2D eigenvalue weighted by Crippen LogP contribution is 2.20. The number of nitro benzene ring substituents is 1. The number of thioether (sulfide) groups is 1. The van der Waals surface area contributed by atoms with E-state index in [1.54, 1.807) is 23.9 Å². The molecule has 0 aliphatic heterocycles. The molecule has 3 aromatic rings. The average molecular weight is 369 g/mol. The zero-order chi connectivity index (χ0) is 19.1. The van der Waals surface area contributed by atoms with Crippen LogP contribution in [-0.2, 0) is 0 Å². The summed E-state index contributed by atoms with van der Waals surface area (Å²) in [6.07, 6.45) is 2.01. The first-order chi connectivity index (χ1) is 13.2. The van der Waals surface area contributed by atoms with Crippen LogP contribution in [0.4, 0.5) is 5.69 Å². The molecule has 3 nitrogen and oxygen atoms in total. The van der Waals surface area contributed by atoms with Crippen molar-refractivity contribution in [3.05, 3.63) is 105 Å². The van der Waals surface area contributed by atoms with Gasteiger partial charge in [0.2, 0.25) is 0 Å². The summed E-state index contributed by atoms with van der Waals surface area (Å²) in [5, 5.41) is 11.4. The maximum Gasteiger partial charge on any atom is 0.286 e. The Kier molecular flexibility index (Phi) is 5.94. The number of hydrogen-bond donors (Lipinski definition) is 0. The minimum atomic E-state index is -0.422. The van der Waals surface area contributed by atoms with Crippen LogP contribution in [-0.4, -0.2) is 11.2 Å². The molecule has 0 aliphatic rings. The van der Waals surface area contributed by atoms with Crippen molar-refractivity contribution >= 4 is 17.4 Å². The summed E-state index contributed by atoms with van der Waals surface area (Å²) in [6, 6.07) is 22.1. The molecule has 0 spiro atoms. The number of nitro groups is 1. The molecule has 0 saturated carbocycles. The highest BCUT2D eigenvalue weighted by atomic mass is 32.2. The van der Waals surface area contributed by atoms with Crippen LogP contribution in [0.15, 0.2) is 77.7 Å². The van der Waals surface area contributed by atoms with Gasteiger partial charge in [0, 0.05) is 27.7 Å². The molecule has 0 unspecified atom stereocenters. The summed E-state index contributed by atoms with van der Waals surface area (Å²) >= 11 is 1.65. The third-order valence-electron chi connectivity index (χ3n) is 3.75. The second kappa shape index (κ2) is 8.76. The average Bonchev–Trinajstić information content (AvgIpc) is 2.72. The van der Waals surface area contributed by atoms with Gasteiger partial charge in [-0.25, -0.2) is 0 Å². The Labute approximate surface area is 162 Å². The lowest BCUT2D eigenvalue weighted by molar-refractivity contribution is -0.385. The number of hydrogen-bond acceptors (Lipinski definition) is 3. The van der Waals surface area contributed by atoms with Crippen LogP contribution in [0.2, 0.25) is 0 Å². The minimum absolute atomic E-state index is 0.0388. The van der Waals surface area contributed by atoms with Gasteiger partial charge in [-0.2, -0.15) is 0 Å². The van der Waals surface area contributed by atoms with Crippen LogP contribution >= 0.6 is 11.8 Å². The van der Waals surface area contributed by atoms with Gasteiger partial charge in [-0.15, -0.1) is 11.8 Å². The molecule has 0 saturated heterocycles. The van der Waals surface area contributed by atoms with Gasteiger partial charge in [-0.1, -0.05) is 41.9 Å². The van der Waals surface area contributed by atoms with Crippen LogP contribution in [0.25, 0.3) is 0 Å². The Balaban J connectivity index is 1.90. The fraction of sp³-hybridized carbons (Fsp3) is 0.0435. The van der Waals surface area contributed by atoms with Crippen molar-refractivity contribution < 1.29 is 4.92 Å². The molecule has 0 heterocycles. The maximum absolute atomic E-state index is 11.4. The first-order valence-electron chi connectivity index (χ1n) is 8.17. The molecule has 3 aromatic carbocycles. The molecule has 130 valence electrons. The van der Waals surface area contributed by atoms with E-state index in [1.165, 1.54) is 6.07 Å². The third kappa shape index (κ3) is 5.01. The van der Waals surface area contributed by atoms with E-state index in [0.717, 1.165) is 16.0 Å². The largest absolute Gasteiger partial charge is 0.286 e. The molecule has 27 heavy (non-hydrogen) atoms. The minimum Gasteiger partial charge on any atom is -0.258 e. The normalized spacial score (nSPS) is 9.52. The first-order valence-corrected chi connectivity index (χ1v) is 9.40. The Morgan fingerprint density at radius 1 is 0.778 bits per heavy atom. The first kappa shape index (κ1) is 18.3. The molecular formula is C23H15NO2S. The Morgan fingerprint density at radius 3 is 2.04 bits per heavy atom. The van der Waals surface area contributed by atoms with E-state index in [0.29, 0.717) is 11.1 Å². The maximum atomic E-state index is 11.4. The highest BCUT2D eigenvalue weighted by Gasteiger charge is 2.12. The van der Waals surface area contributed by atoms with Crippen LogP contribution < -0.4 is 0 Å². The molecule has 0 aromatic heterocycles. The third-order valence-corrected chi connectivity index (χ3v) is 4.49. The summed E-state index contributed by atoms with van der Waals surface area (Å²) in [5.41, 5.74) is 2.59. The van der Waals surface area contributed by atoms with Gasteiger partial charge < -0.3 is 0 Å². The van der Waals surface area contributed by atoms with Crippen molar-refractivity contribution in [1.29, 1.82) is 0 Å². The van der Waals surface area contributed by atoms with Crippen molar-refractivity contribution in [3.8, 4) is 23.7 Å². The molecule has 0 amide bonds. The zero-order valence-corrected chi connectivity index (χ0v) is 15.4. The second-order valence-corrected chi connectivity index (χ2v) is 6.46. The molecule has 0 radical (unpaired) electrons. The van der Waals surface area contributed by atoms with E-state index in [4.69, 9.17) is 0 Å². The Morgan fingerprint density at radius 2 is 1.37 bits per heavy atom. The Bertz CT molecular complexity index is 1080. The van der Waals surface area contributed by atoms with Gasteiger partial charge >= 0.3 is 0 Å². The predicted molar refractivity (Wildman–Crippen MR) is 110 cm³/mol. The molecule has 4 heteroatoms. The zero-order valence-electron chi connectivity index (χ0n) is 14.6. The highest BCUT2D eigenvalue weighted by molar-refractivity contribution is 7.98. The quantitative estimate of drug-likeness (QED) is 0.273. The van der Waals surface area contributed by atoms with Crippen LogP contribution in [0.1, 0.15) is 22.3 Å². The molecule has 3 rings (SSSR count). The summed E-state index contributed by atoms with van der Waals surface area (Å²) in [6.45, 7) is 0. The van der Waals surface area contributed by atoms with E-state index >= 15 is 0 Å². The topological polar surface area (TPSA) is 43.1 Å². The standard InChI is InChI=1S/C23H15NO2S/c1-27-22-15-11-19(12-16-22)9-13-21-14-10-20(17-23(21)24(25)26)8-7-18-5-3-2-4-6-18/h2-6,10-12,14-17H,1H3. The lowest BCUT2D eigenvalue weighted by Gasteiger charge is -1.98. The predicted octanol–water partition coefficient (Wildman–Crippen LogP) is 5.12. The fourth-order valence-electron chi connectivity index (χ4n) is 2.35. The van der Waals surface area contributed by atoms with Gasteiger partial charge in [0.25, 0.3) is 5.69 Å². The number of rotatable bonds is 2. The van der Waals surface area contributed by atoms with Crippen molar-refractivity contribution in [2.75, 3.05) is 6.26 Å². The van der Waals surface area contributed by atoms with Gasteiger partial charge in [0.05, 0.1) is 4.92 Å². The van der Waals surface area contributed by atoms with Gasteiger partial charge in [0.1, 0.15) is 5.56 Å². The van der Waals surface area contributed by atoms with E-state index in [-0.39, 0.29) is 5.69 Å². The number of benzene rings is 3. The number of nitrogens with zero attached hydrogens (tertiary/aromatic N) is 1. The lowest BCUT2D eigenvalue weighted by atomic mass is 10.1. The van der Waals surface area contributed by atoms with E-state index in [9.17, 15) is 10.1 Å². The summed E-state index contributed by atoms with van der Waals surface area (Å²) in [7, 11) is 0. The summed E-state index contributed by atoms with van der Waals surface area (Å²) < 4.78 is 0. The second-order valence-electron chi connectivity index (χ2n) is 5.58. The lowest BCUT2D eigenvalue weighted by Crippen LogP contribution is -1.93. The molecular weight excluding hydrogens is 354 g/mol. The Hall–Kier alpha value is -3.47. The summed E-state index contributed by atoms with van der Waals surface area (Å²) in [4.78, 5) is 12.2. The fourth-order valence-corrected chi connectivity index (χ4v) is 2.75. The van der Waals surface area contributed by atoms with E-state index in [2.05, 4.69) is 23.7 Å². The van der Waals surface area contributed by atoms with Gasteiger partial charge in [-0.05, 0) is 54.8 Å². The molecule has 0 bridgehead atoms. The van der Waals surface area contributed by atoms with Crippen LogP contribution in [0.5, 0.6) is 0 Å². The monoisotopic (exact) mass is 369 g/mol. The van der Waals surface area contributed by atoms with E-state index in [1.807, 2.05) is 60.9 Å². The SMILES string of the molecule is CSc1ccc(C#Cc2ccc(C#Cc3ccccc3)cc2[N+](=O)[O-])cc1. The van der Waals surface area contributed by atoms with Gasteiger partial charge in [0.15, 0.2) is 0 Å². The molecule has 0 atom stereocenters. The van der Waals surface area contributed by atoms with Crippen LogP contribution in [0.3, 0.4) is 0 Å². The summed E-state index contributed by atoms with van der Waals surface area (Å²) in [5.74, 6) is 11.9. The smallest absolute Gasteiger partial charge is 0.258 e. The molecule has 0 fully saturated rings. The van der Waals surface area contributed by atoms with Crippen molar-refractivity contribution in [2.24, 2.45) is 0 Å². The molecule has 0 N–H and O–H groups in total. The van der Waals surface area contributed by atoms with Gasteiger partial charge in [-0.3, -0.25) is 10.1 Å².